The number of carbonyl (C=O) groups excluding carboxylic acids is 3. The highest BCUT2D eigenvalue weighted by molar-refractivity contribution is 5.99. The van der Waals surface area contributed by atoms with Gasteiger partial charge in [-0.2, -0.15) is 0 Å². The molecular formula is C15H17N3O7. The van der Waals surface area contributed by atoms with Crippen LogP contribution in [0.1, 0.15) is 19.4 Å². The number of rotatable bonds is 6. The van der Waals surface area contributed by atoms with Crippen LogP contribution in [0.25, 0.3) is 0 Å². The number of fused-ring (bicyclic) bond motifs is 1. The summed E-state index contributed by atoms with van der Waals surface area (Å²) in [4.78, 5) is 38.4. The summed E-state index contributed by atoms with van der Waals surface area (Å²) in [5.74, 6) is -0.416. The molecule has 0 radical (unpaired) electrons. The molecule has 1 heterocycles. The number of imide groups is 1. The molecule has 0 saturated carbocycles. The zero-order chi connectivity index (χ0) is 18.4. The predicted molar refractivity (Wildman–Crippen MR) is 84.0 cm³/mol. The van der Waals surface area contributed by atoms with Gasteiger partial charge in [0.15, 0.2) is 17.6 Å². The van der Waals surface area contributed by atoms with Gasteiger partial charge in [-0.1, -0.05) is 5.16 Å². The molecule has 1 aromatic carbocycles. The summed E-state index contributed by atoms with van der Waals surface area (Å²) < 4.78 is 15.2. The van der Waals surface area contributed by atoms with Crippen molar-refractivity contribution in [2.75, 3.05) is 13.4 Å². The van der Waals surface area contributed by atoms with E-state index in [2.05, 4.69) is 5.16 Å². The number of nitrogens with one attached hydrogen (secondary N) is 1. The number of benzene rings is 1. The van der Waals surface area contributed by atoms with Crippen molar-refractivity contribution in [1.82, 2.24) is 5.32 Å². The second-order valence-electron chi connectivity index (χ2n) is 5.00. The van der Waals surface area contributed by atoms with Crippen molar-refractivity contribution in [3.05, 3.63) is 23.8 Å². The largest absolute Gasteiger partial charge is 0.454 e. The highest BCUT2D eigenvalue weighted by Crippen LogP contribution is 2.32. The Balaban J connectivity index is 1.82. The fourth-order valence-electron chi connectivity index (χ4n) is 1.86. The van der Waals surface area contributed by atoms with Gasteiger partial charge in [0.2, 0.25) is 13.4 Å². The summed E-state index contributed by atoms with van der Waals surface area (Å²) in [6, 6.07) is 4.21. The molecule has 0 aliphatic carbocycles. The van der Waals surface area contributed by atoms with E-state index in [0.717, 1.165) is 5.56 Å². The highest BCUT2D eigenvalue weighted by atomic mass is 16.7. The van der Waals surface area contributed by atoms with Crippen LogP contribution < -0.4 is 20.5 Å². The Bertz CT molecular complexity index is 717. The molecule has 0 spiro atoms. The van der Waals surface area contributed by atoms with Gasteiger partial charge in [-0.05, 0) is 32.0 Å². The molecule has 10 nitrogen and oxygen atoms in total. The van der Waals surface area contributed by atoms with Gasteiger partial charge in [0.05, 0.1) is 5.71 Å². The Hall–Kier alpha value is -3.30. The van der Waals surface area contributed by atoms with Crippen molar-refractivity contribution in [3.63, 3.8) is 0 Å². The standard InChI is InChI=1S/C15H17N3O7/c1-8(10-3-4-11-12(5-10)23-7-22-11)18-24-6-13(19)25-9(2)14(20)17-15(16)21/h3-5,9H,6-7H2,1-2H3,(H3,16,17,20,21)/b18-8-/t9-/m1/s1. The maximum atomic E-state index is 11.6. The van der Waals surface area contributed by atoms with E-state index in [1.165, 1.54) is 6.92 Å². The highest BCUT2D eigenvalue weighted by Gasteiger charge is 2.19. The number of nitrogens with two attached hydrogens (primary N) is 1. The molecule has 10 heteroatoms. The minimum Gasteiger partial charge on any atom is -0.454 e. The monoisotopic (exact) mass is 351 g/mol. The van der Waals surface area contributed by atoms with Crippen LogP contribution in [-0.2, 0) is 19.2 Å². The van der Waals surface area contributed by atoms with Crippen LogP contribution in [0.15, 0.2) is 23.4 Å². The van der Waals surface area contributed by atoms with Crippen molar-refractivity contribution in [2.45, 2.75) is 20.0 Å². The van der Waals surface area contributed by atoms with E-state index in [4.69, 9.17) is 24.8 Å². The van der Waals surface area contributed by atoms with Crippen molar-refractivity contribution in [1.29, 1.82) is 0 Å². The van der Waals surface area contributed by atoms with E-state index in [0.29, 0.717) is 17.2 Å². The van der Waals surface area contributed by atoms with Crippen LogP contribution in [0.5, 0.6) is 11.5 Å². The van der Waals surface area contributed by atoms with Crippen molar-refractivity contribution < 1.29 is 33.4 Å². The summed E-state index contributed by atoms with van der Waals surface area (Å²) in [6.07, 6.45) is -1.19. The lowest BCUT2D eigenvalue weighted by molar-refractivity contribution is -0.158. The van der Waals surface area contributed by atoms with Gasteiger partial charge >= 0.3 is 12.0 Å². The van der Waals surface area contributed by atoms with E-state index in [1.54, 1.807) is 30.4 Å². The average molecular weight is 351 g/mol. The van der Waals surface area contributed by atoms with E-state index >= 15 is 0 Å². The molecule has 0 bridgehead atoms. The van der Waals surface area contributed by atoms with Crippen molar-refractivity contribution in [2.24, 2.45) is 10.9 Å². The number of carbonyl (C=O) groups is 3. The van der Waals surface area contributed by atoms with Gasteiger partial charge < -0.3 is 24.8 Å². The Morgan fingerprint density at radius 1 is 1.32 bits per heavy atom. The average Bonchev–Trinajstić information content (AvgIpc) is 3.01. The van der Waals surface area contributed by atoms with E-state index in [1.807, 2.05) is 0 Å². The molecule has 3 N–H and O–H groups in total. The van der Waals surface area contributed by atoms with Crippen LogP contribution in [0, 0.1) is 0 Å². The summed E-state index contributed by atoms with van der Waals surface area (Å²) in [5.41, 5.74) is 6.03. The quantitative estimate of drug-likeness (QED) is 0.426. The number of nitrogens with zero attached hydrogens (tertiary/aromatic N) is 1. The van der Waals surface area contributed by atoms with Gasteiger partial charge in [0.1, 0.15) is 0 Å². The Kier molecular flexibility index (Phi) is 5.77. The number of ether oxygens (including phenoxy) is 3. The number of primary amides is 1. The number of urea groups is 1. The second kappa shape index (κ2) is 7.99. The van der Waals surface area contributed by atoms with E-state index in [-0.39, 0.29) is 6.79 Å². The summed E-state index contributed by atoms with van der Waals surface area (Å²) in [5, 5.41) is 5.60. The number of oxime groups is 1. The molecule has 1 aliphatic rings. The third-order valence-corrected chi connectivity index (χ3v) is 3.10. The third-order valence-electron chi connectivity index (χ3n) is 3.10. The van der Waals surface area contributed by atoms with Gasteiger partial charge in [-0.15, -0.1) is 0 Å². The summed E-state index contributed by atoms with van der Waals surface area (Å²) in [7, 11) is 0. The van der Waals surface area contributed by atoms with Crippen LogP contribution >= 0.6 is 0 Å². The number of esters is 1. The first-order valence-corrected chi connectivity index (χ1v) is 7.23. The van der Waals surface area contributed by atoms with Crippen molar-refractivity contribution in [3.8, 4) is 11.5 Å². The third kappa shape index (κ3) is 5.09. The Morgan fingerprint density at radius 2 is 2.04 bits per heavy atom. The lowest BCUT2D eigenvalue weighted by Crippen LogP contribution is -2.42. The number of amides is 3. The molecule has 25 heavy (non-hydrogen) atoms. The maximum absolute atomic E-state index is 11.6. The maximum Gasteiger partial charge on any atom is 0.347 e. The van der Waals surface area contributed by atoms with Crippen LogP contribution in [0.2, 0.25) is 0 Å². The lowest BCUT2D eigenvalue weighted by Gasteiger charge is -2.11. The van der Waals surface area contributed by atoms with Crippen LogP contribution in [0.3, 0.4) is 0 Å². The molecule has 0 unspecified atom stereocenters. The minimum absolute atomic E-state index is 0.166. The number of hydrogen-bond donors (Lipinski definition) is 2. The first kappa shape index (κ1) is 18.0. The molecule has 0 saturated heterocycles. The topological polar surface area (TPSA) is 139 Å². The Morgan fingerprint density at radius 3 is 2.76 bits per heavy atom. The first-order valence-electron chi connectivity index (χ1n) is 7.23. The van der Waals surface area contributed by atoms with Gasteiger partial charge in [0, 0.05) is 5.56 Å². The van der Waals surface area contributed by atoms with Gasteiger partial charge in [-0.3, -0.25) is 10.1 Å². The SMILES string of the molecule is C/C(=N/OCC(=O)O[C@H](C)C(=O)NC(N)=O)c1ccc2c(c1)OCO2. The molecule has 1 atom stereocenters. The number of hydrogen-bond acceptors (Lipinski definition) is 8. The summed E-state index contributed by atoms with van der Waals surface area (Å²) >= 11 is 0. The fraction of sp³-hybridized carbons (Fsp3) is 0.333. The summed E-state index contributed by atoms with van der Waals surface area (Å²) in [6.45, 7) is 2.64. The minimum atomic E-state index is -1.19. The molecule has 2 rings (SSSR count). The van der Waals surface area contributed by atoms with Crippen LogP contribution in [0.4, 0.5) is 4.79 Å². The molecule has 0 aromatic heterocycles. The second-order valence-corrected chi connectivity index (χ2v) is 5.00. The molecular weight excluding hydrogens is 334 g/mol. The zero-order valence-electron chi connectivity index (χ0n) is 13.6. The first-order chi connectivity index (χ1) is 11.9. The van der Waals surface area contributed by atoms with Gasteiger partial charge in [-0.25, -0.2) is 9.59 Å². The molecule has 3 amide bonds. The predicted octanol–water partition coefficient (Wildman–Crippen LogP) is 0.282. The molecule has 1 aromatic rings. The van der Waals surface area contributed by atoms with Crippen molar-refractivity contribution >= 4 is 23.6 Å². The molecule has 1 aliphatic heterocycles. The molecule has 134 valence electrons. The normalized spacial score (nSPS) is 13.8. The smallest absolute Gasteiger partial charge is 0.347 e. The van der Waals surface area contributed by atoms with Gasteiger partial charge in [0.25, 0.3) is 5.91 Å². The lowest BCUT2D eigenvalue weighted by atomic mass is 10.1. The Labute approximate surface area is 142 Å². The van der Waals surface area contributed by atoms with E-state index < -0.39 is 30.6 Å². The fourth-order valence-corrected chi connectivity index (χ4v) is 1.86. The molecule has 0 fully saturated rings. The van der Waals surface area contributed by atoms with Crippen LogP contribution in [-0.4, -0.2) is 43.1 Å². The zero-order valence-corrected chi connectivity index (χ0v) is 13.6. The van der Waals surface area contributed by atoms with E-state index in [9.17, 15) is 14.4 Å².